The first-order chi connectivity index (χ1) is 16.0. The van der Waals surface area contributed by atoms with Gasteiger partial charge in [0.1, 0.15) is 0 Å². The van der Waals surface area contributed by atoms with Gasteiger partial charge in [0.15, 0.2) is 0 Å². The van der Waals surface area contributed by atoms with Gasteiger partial charge in [-0.05, 0) is 56.1 Å². The number of piperazine rings is 1. The van der Waals surface area contributed by atoms with E-state index in [0.29, 0.717) is 18.8 Å². The van der Waals surface area contributed by atoms with E-state index < -0.39 is 11.7 Å². The van der Waals surface area contributed by atoms with Gasteiger partial charge in [0.05, 0.1) is 5.56 Å². The van der Waals surface area contributed by atoms with Crippen molar-refractivity contribution in [2.75, 3.05) is 31.1 Å². The summed E-state index contributed by atoms with van der Waals surface area (Å²) < 4.78 is 39.3. The molecule has 2 nitrogen and oxygen atoms in total. The number of hydrogen-bond acceptors (Lipinski definition) is 2. The van der Waals surface area contributed by atoms with E-state index in [-0.39, 0.29) is 0 Å². The summed E-state index contributed by atoms with van der Waals surface area (Å²) in [5.74, 6) is 0. The van der Waals surface area contributed by atoms with E-state index in [2.05, 4.69) is 64.4 Å². The summed E-state index contributed by atoms with van der Waals surface area (Å²) in [6.45, 7) is 3.90. The topological polar surface area (TPSA) is 6.48 Å². The van der Waals surface area contributed by atoms with Gasteiger partial charge in [0.2, 0.25) is 0 Å². The fourth-order valence-corrected chi connectivity index (χ4v) is 5.22. The smallest absolute Gasteiger partial charge is 0.369 e. The van der Waals surface area contributed by atoms with Crippen LogP contribution in [-0.2, 0) is 12.7 Å². The first kappa shape index (κ1) is 20.3. The average molecular weight is 445 g/mol. The van der Waals surface area contributed by atoms with E-state index in [1.807, 2.05) is 0 Å². The standard InChI is InChI=1S/C28H23F3N2/c29-28(30,31)23-5-2-6-24(17-23)33-15-13-32(14-16-33)18-22-10-9-21-8-7-19-3-1-4-20-11-12-25(22)27(21)26(19)20/h1-12,17H,13-16,18H2. The van der Waals surface area contributed by atoms with E-state index in [1.54, 1.807) is 6.07 Å². The fraction of sp³-hybridized carbons (Fsp3) is 0.214. The zero-order chi connectivity index (χ0) is 22.6. The van der Waals surface area contributed by atoms with Crippen LogP contribution in [0.3, 0.4) is 0 Å². The van der Waals surface area contributed by atoms with Gasteiger partial charge in [-0.1, -0.05) is 60.7 Å². The Morgan fingerprint density at radius 1 is 0.667 bits per heavy atom. The van der Waals surface area contributed by atoms with Gasteiger partial charge in [-0.3, -0.25) is 4.90 Å². The summed E-state index contributed by atoms with van der Waals surface area (Å²) in [6, 6.07) is 25.4. The van der Waals surface area contributed by atoms with Crippen LogP contribution in [0.5, 0.6) is 0 Å². The van der Waals surface area contributed by atoms with Gasteiger partial charge in [-0.2, -0.15) is 13.2 Å². The van der Waals surface area contributed by atoms with Crippen LogP contribution in [0.1, 0.15) is 11.1 Å². The van der Waals surface area contributed by atoms with Crippen LogP contribution in [-0.4, -0.2) is 31.1 Å². The summed E-state index contributed by atoms with van der Waals surface area (Å²) in [4.78, 5) is 4.45. The molecular formula is C28H23F3N2. The molecule has 166 valence electrons. The maximum Gasteiger partial charge on any atom is 0.416 e. The minimum Gasteiger partial charge on any atom is -0.369 e. The molecule has 0 aliphatic carbocycles. The third kappa shape index (κ3) is 3.57. The zero-order valence-corrected chi connectivity index (χ0v) is 18.1. The largest absolute Gasteiger partial charge is 0.416 e. The molecule has 1 aliphatic heterocycles. The fourth-order valence-electron chi connectivity index (χ4n) is 5.22. The zero-order valence-electron chi connectivity index (χ0n) is 18.1. The molecule has 0 radical (unpaired) electrons. The van der Waals surface area contributed by atoms with Crippen LogP contribution >= 0.6 is 0 Å². The molecule has 0 N–H and O–H groups in total. The van der Waals surface area contributed by atoms with Crippen molar-refractivity contribution < 1.29 is 13.2 Å². The Bertz CT molecular complexity index is 1430. The minimum atomic E-state index is -4.31. The predicted molar refractivity (Wildman–Crippen MR) is 129 cm³/mol. The second-order valence-corrected chi connectivity index (χ2v) is 8.89. The predicted octanol–water partition coefficient (Wildman–Crippen LogP) is 6.93. The Morgan fingerprint density at radius 2 is 1.30 bits per heavy atom. The van der Waals surface area contributed by atoms with Crippen molar-refractivity contribution in [3.63, 3.8) is 0 Å². The third-order valence-corrected chi connectivity index (χ3v) is 6.92. The Kier molecular flexibility index (Phi) is 4.70. The lowest BCUT2D eigenvalue weighted by molar-refractivity contribution is -0.137. The lowest BCUT2D eigenvalue weighted by Crippen LogP contribution is -2.46. The molecule has 1 fully saturated rings. The number of alkyl halides is 3. The molecule has 0 unspecified atom stereocenters. The van der Waals surface area contributed by atoms with Gasteiger partial charge in [-0.15, -0.1) is 0 Å². The molecule has 0 bridgehead atoms. The number of nitrogens with zero attached hydrogens (tertiary/aromatic N) is 2. The summed E-state index contributed by atoms with van der Waals surface area (Å²) >= 11 is 0. The van der Waals surface area contributed by atoms with E-state index in [4.69, 9.17) is 0 Å². The van der Waals surface area contributed by atoms with Gasteiger partial charge >= 0.3 is 6.18 Å². The molecule has 0 spiro atoms. The molecule has 0 aromatic heterocycles. The van der Waals surface area contributed by atoms with Crippen molar-refractivity contribution in [3.8, 4) is 0 Å². The normalized spacial score (nSPS) is 15.8. The third-order valence-electron chi connectivity index (χ3n) is 6.92. The van der Waals surface area contributed by atoms with E-state index >= 15 is 0 Å². The van der Waals surface area contributed by atoms with Gasteiger partial charge < -0.3 is 4.90 Å². The average Bonchev–Trinajstić information content (AvgIpc) is 2.83. The molecule has 5 aromatic carbocycles. The first-order valence-electron chi connectivity index (χ1n) is 11.3. The van der Waals surface area contributed by atoms with Crippen molar-refractivity contribution in [2.45, 2.75) is 12.7 Å². The summed E-state index contributed by atoms with van der Waals surface area (Å²) in [7, 11) is 0. The van der Waals surface area contributed by atoms with Crippen molar-refractivity contribution >= 4 is 38.0 Å². The summed E-state index contributed by atoms with van der Waals surface area (Å²) in [5.41, 5.74) is 1.36. The van der Waals surface area contributed by atoms with Crippen LogP contribution < -0.4 is 4.90 Å². The van der Waals surface area contributed by atoms with E-state index in [1.165, 1.54) is 50.0 Å². The lowest BCUT2D eigenvalue weighted by Gasteiger charge is -2.36. The van der Waals surface area contributed by atoms with Crippen LogP contribution in [0.2, 0.25) is 0 Å². The number of halogens is 3. The molecular weight excluding hydrogens is 421 g/mol. The van der Waals surface area contributed by atoms with Gasteiger partial charge in [-0.25, -0.2) is 0 Å². The summed E-state index contributed by atoms with van der Waals surface area (Å²) in [5, 5.41) is 7.72. The number of hydrogen-bond donors (Lipinski definition) is 0. The molecule has 1 heterocycles. The van der Waals surface area contributed by atoms with Gasteiger partial charge in [0.25, 0.3) is 0 Å². The molecule has 6 rings (SSSR count). The lowest BCUT2D eigenvalue weighted by atomic mass is 9.92. The Labute approximate surface area is 190 Å². The minimum absolute atomic E-state index is 0.587. The van der Waals surface area contributed by atoms with Crippen LogP contribution in [0.25, 0.3) is 32.3 Å². The van der Waals surface area contributed by atoms with Gasteiger partial charge in [0, 0.05) is 38.4 Å². The molecule has 0 saturated carbocycles. The van der Waals surface area contributed by atoms with Crippen LogP contribution in [0.15, 0.2) is 78.9 Å². The van der Waals surface area contributed by atoms with Crippen molar-refractivity contribution in [3.05, 3.63) is 90.0 Å². The highest BCUT2D eigenvalue weighted by Crippen LogP contribution is 2.36. The van der Waals surface area contributed by atoms with Crippen molar-refractivity contribution in [2.24, 2.45) is 0 Å². The first-order valence-corrected chi connectivity index (χ1v) is 11.3. The second-order valence-electron chi connectivity index (χ2n) is 8.89. The Balaban J connectivity index is 1.25. The molecule has 5 heteroatoms. The highest BCUT2D eigenvalue weighted by molar-refractivity contribution is 6.23. The van der Waals surface area contributed by atoms with Crippen LogP contribution in [0, 0.1) is 0 Å². The second kappa shape index (κ2) is 7.63. The highest BCUT2D eigenvalue weighted by Gasteiger charge is 2.31. The molecule has 0 amide bonds. The van der Waals surface area contributed by atoms with E-state index in [9.17, 15) is 13.2 Å². The Hall–Kier alpha value is -3.31. The van der Waals surface area contributed by atoms with Crippen molar-refractivity contribution in [1.82, 2.24) is 4.90 Å². The number of rotatable bonds is 3. The molecule has 0 atom stereocenters. The Morgan fingerprint density at radius 3 is 2.03 bits per heavy atom. The molecule has 5 aromatic rings. The maximum atomic E-state index is 13.1. The highest BCUT2D eigenvalue weighted by atomic mass is 19.4. The monoisotopic (exact) mass is 444 g/mol. The van der Waals surface area contributed by atoms with Crippen molar-refractivity contribution in [1.29, 1.82) is 0 Å². The van der Waals surface area contributed by atoms with E-state index in [0.717, 1.165) is 25.7 Å². The maximum absolute atomic E-state index is 13.1. The number of anilines is 1. The quantitative estimate of drug-likeness (QED) is 0.279. The molecule has 1 saturated heterocycles. The number of benzene rings is 5. The van der Waals surface area contributed by atoms with Crippen LogP contribution in [0.4, 0.5) is 18.9 Å². The SMILES string of the molecule is FC(F)(F)c1cccc(N2CCN(Cc3ccc4ccc5cccc6ccc3c4c56)CC2)c1. The molecule has 33 heavy (non-hydrogen) atoms. The summed E-state index contributed by atoms with van der Waals surface area (Å²) in [6.07, 6.45) is -4.31. The molecule has 1 aliphatic rings.